The summed E-state index contributed by atoms with van der Waals surface area (Å²) in [5.74, 6) is -0.430. The molecule has 0 saturated carbocycles. The minimum Gasteiger partial charge on any atom is -0.385 e. The third-order valence-corrected chi connectivity index (χ3v) is 5.26. The van der Waals surface area contributed by atoms with Crippen LogP contribution < -0.4 is 0 Å². The second kappa shape index (κ2) is 7.16. The van der Waals surface area contributed by atoms with Crippen molar-refractivity contribution in [3.05, 3.63) is 71.5 Å². The summed E-state index contributed by atoms with van der Waals surface area (Å²) in [7, 11) is 0. The Labute approximate surface area is 161 Å². The topological polar surface area (TPSA) is 79.5 Å². The first-order chi connectivity index (χ1) is 13.5. The van der Waals surface area contributed by atoms with Crippen molar-refractivity contribution >= 4 is 5.91 Å². The monoisotopic (exact) mass is 381 g/mol. The van der Waals surface area contributed by atoms with Crippen LogP contribution in [0.25, 0.3) is 11.3 Å². The number of hydrogen-bond acceptors (Lipinski definition) is 5. The van der Waals surface area contributed by atoms with Crippen LogP contribution in [0.1, 0.15) is 34.5 Å². The van der Waals surface area contributed by atoms with Gasteiger partial charge in [0.1, 0.15) is 17.0 Å². The van der Waals surface area contributed by atoms with Gasteiger partial charge in [-0.05, 0) is 25.8 Å². The Morgan fingerprint density at radius 3 is 2.57 bits per heavy atom. The van der Waals surface area contributed by atoms with Crippen LogP contribution in [0, 0.1) is 12.9 Å². The minimum atomic E-state index is -1.33. The predicted molar refractivity (Wildman–Crippen MR) is 99.9 cm³/mol. The molecule has 1 amide bonds. The number of aryl methyl sites for hydroxylation is 1. The zero-order valence-electron chi connectivity index (χ0n) is 15.4. The summed E-state index contributed by atoms with van der Waals surface area (Å²) in [5, 5.41) is 15.0. The molecule has 0 bridgehead atoms. The van der Waals surface area contributed by atoms with E-state index in [9.17, 15) is 14.3 Å². The van der Waals surface area contributed by atoms with Crippen molar-refractivity contribution in [1.82, 2.24) is 15.0 Å². The van der Waals surface area contributed by atoms with Gasteiger partial charge in [0, 0.05) is 30.4 Å². The zero-order valence-corrected chi connectivity index (χ0v) is 15.4. The number of hydrogen-bond donors (Lipinski definition) is 1. The van der Waals surface area contributed by atoms with Crippen LogP contribution in [-0.2, 0) is 5.60 Å². The minimum absolute atomic E-state index is 0.174. The van der Waals surface area contributed by atoms with Crippen molar-refractivity contribution in [2.45, 2.75) is 25.4 Å². The molecule has 1 fully saturated rings. The number of carbonyl (C=O) groups excluding carboxylic acids is 1. The number of nitrogens with zero attached hydrogens (tertiary/aromatic N) is 3. The summed E-state index contributed by atoms with van der Waals surface area (Å²) in [4.78, 5) is 18.4. The lowest BCUT2D eigenvalue weighted by molar-refractivity contribution is -0.0241. The molecule has 6 nitrogen and oxygen atoms in total. The van der Waals surface area contributed by atoms with E-state index >= 15 is 0 Å². The molecule has 0 unspecified atom stereocenters. The van der Waals surface area contributed by atoms with Crippen molar-refractivity contribution in [1.29, 1.82) is 0 Å². The fraction of sp³-hybridized carbons (Fsp3) is 0.286. The normalized spacial score (nSPS) is 16.2. The first kappa shape index (κ1) is 18.3. The molecule has 4 rings (SSSR count). The van der Waals surface area contributed by atoms with Crippen LogP contribution in [-0.4, -0.2) is 39.1 Å². The highest BCUT2D eigenvalue weighted by atomic mass is 19.1. The van der Waals surface area contributed by atoms with E-state index in [1.54, 1.807) is 17.9 Å². The van der Waals surface area contributed by atoms with Crippen molar-refractivity contribution in [3.63, 3.8) is 0 Å². The largest absolute Gasteiger partial charge is 0.385 e. The van der Waals surface area contributed by atoms with E-state index in [4.69, 9.17) is 4.52 Å². The van der Waals surface area contributed by atoms with E-state index in [1.807, 2.05) is 30.3 Å². The summed E-state index contributed by atoms with van der Waals surface area (Å²) in [6.07, 6.45) is 1.80. The Bertz CT molecular complexity index is 995. The molecular formula is C21H20FN3O3. The number of likely N-dealkylation sites (tertiary alicyclic amines) is 1. The number of aromatic nitrogens is 2. The number of rotatable bonds is 3. The van der Waals surface area contributed by atoms with E-state index in [-0.39, 0.29) is 24.3 Å². The lowest BCUT2D eigenvalue weighted by atomic mass is 9.85. The van der Waals surface area contributed by atoms with Crippen molar-refractivity contribution in [2.24, 2.45) is 0 Å². The summed E-state index contributed by atoms with van der Waals surface area (Å²) in [5.41, 5.74) is 0.564. The molecule has 0 atom stereocenters. The molecule has 1 saturated heterocycles. The fourth-order valence-corrected chi connectivity index (χ4v) is 3.66. The SMILES string of the molecule is Cc1onc(-c2ccccc2)c1C(=O)N1CCC(O)(c2cccnc2F)CC1. The maximum atomic E-state index is 14.0. The maximum Gasteiger partial charge on any atom is 0.259 e. The van der Waals surface area contributed by atoms with Gasteiger partial charge in [0.25, 0.3) is 5.91 Å². The molecule has 7 heteroatoms. The summed E-state index contributed by atoms with van der Waals surface area (Å²) < 4.78 is 19.3. The van der Waals surface area contributed by atoms with E-state index in [2.05, 4.69) is 10.1 Å². The standard InChI is InChI=1S/C21H20FN3O3/c1-14-17(18(24-28-14)15-6-3-2-4-7-15)20(26)25-12-9-21(27,10-13-25)16-8-5-11-23-19(16)22/h2-8,11,27H,9-10,12-13H2,1H3. The Kier molecular flexibility index (Phi) is 4.68. The van der Waals surface area contributed by atoms with E-state index in [0.29, 0.717) is 30.1 Å². The van der Waals surface area contributed by atoms with Gasteiger partial charge in [-0.1, -0.05) is 41.6 Å². The summed E-state index contributed by atoms with van der Waals surface area (Å²) >= 11 is 0. The zero-order chi connectivity index (χ0) is 19.7. The molecule has 0 aliphatic carbocycles. The second-order valence-corrected chi connectivity index (χ2v) is 6.99. The molecule has 2 aromatic heterocycles. The smallest absolute Gasteiger partial charge is 0.259 e. The molecule has 1 N–H and O–H groups in total. The lowest BCUT2D eigenvalue weighted by Gasteiger charge is -2.38. The molecule has 3 aromatic rings. The number of piperidine rings is 1. The number of pyridine rings is 1. The van der Waals surface area contributed by atoms with Gasteiger partial charge in [-0.3, -0.25) is 4.79 Å². The van der Waals surface area contributed by atoms with Crippen LogP contribution >= 0.6 is 0 Å². The molecule has 0 radical (unpaired) electrons. The first-order valence-corrected chi connectivity index (χ1v) is 9.14. The molecule has 144 valence electrons. The van der Waals surface area contributed by atoms with Crippen LogP contribution in [0.2, 0.25) is 0 Å². The molecule has 1 aliphatic heterocycles. The van der Waals surface area contributed by atoms with E-state index in [1.165, 1.54) is 12.3 Å². The van der Waals surface area contributed by atoms with Gasteiger partial charge >= 0.3 is 0 Å². The predicted octanol–water partition coefficient (Wildman–Crippen LogP) is 3.31. The van der Waals surface area contributed by atoms with E-state index in [0.717, 1.165) is 5.56 Å². The molecule has 1 aliphatic rings. The Hall–Kier alpha value is -3.06. The van der Waals surface area contributed by atoms with Crippen LogP contribution in [0.4, 0.5) is 4.39 Å². The van der Waals surface area contributed by atoms with Gasteiger partial charge in [-0.25, -0.2) is 4.98 Å². The van der Waals surface area contributed by atoms with Crippen molar-refractivity contribution in [2.75, 3.05) is 13.1 Å². The van der Waals surface area contributed by atoms with Crippen LogP contribution in [0.5, 0.6) is 0 Å². The first-order valence-electron chi connectivity index (χ1n) is 9.14. The highest BCUT2D eigenvalue weighted by molar-refractivity contribution is 6.00. The second-order valence-electron chi connectivity index (χ2n) is 6.99. The average molecular weight is 381 g/mol. The third kappa shape index (κ3) is 3.18. The Morgan fingerprint density at radius 2 is 1.89 bits per heavy atom. The fourth-order valence-electron chi connectivity index (χ4n) is 3.66. The summed E-state index contributed by atoms with van der Waals surface area (Å²) in [6, 6.07) is 12.5. The highest BCUT2D eigenvalue weighted by Crippen LogP contribution is 2.35. The lowest BCUT2D eigenvalue weighted by Crippen LogP contribution is -2.45. The van der Waals surface area contributed by atoms with Crippen LogP contribution in [0.15, 0.2) is 53.2 Å². The van der Waals surface area contributed by atoms with Gasteiger partial charge in [-0.2, -0.15) is 4.39 Å². The highest BCUT2D eigenvalue weighted by Gasteiger charge is 2.39. The third-order valence-electron chi connectivity index (χ3n) is 5.26. The molecular weight excluding hydrogens is 361 g/mol. The van der Waals surface area contributed by atoms with Crippen LogP contribution in [0.3, 0.4) is 0 Å². The van der Waals surface area contributed by atoms with Crippen molar-refractivity contribution in [3.8, 4) is 11.3 Å². The van der Waals surface area contributed by atoms with Gasteiger partial charge in [0.15, 0.2) is 0 Å². The van der Waals surface area contributed by atoms with Gasteiger partial charge in [0.05, 0.1) is 5.60 Å². The molecule has 1 aromatic carbocycles. The van der Waals surface area contributed by atoms with Gasteiger partial charge in [-0.15, -0.1) is 0 Å². The summed E-state index contributed by atoms with van der Waals surface area (Å²) in [6.45, 7) is 2.29. The number of aliphatic hydroxyl groups is 1. The van der Waals surface area contributed by atoms with E-state index < -0.39 is 11.5 Å². The average Bonchev–Trinajstić information content (AvgIpc) is 3.10. The van der Waals surface area contributed by atoms with Gasteiger partial charge in [0.2, 0.25) is 5.95 Å². The number of amides is 1. The quantitative estimate of drug-likeness (QED) is 0.704. The maximum absolute atomic E-state index is 14.0. The molecule has 0 spiro atoms. The Morgan fingerprint density at radius 1 is 1.18 bits per heavy atom. The molecule has 3 heterocycles. The Balaban J connectivity index is 1.56. The molecule has 28 heavy (non-hydrogen) atoms. The number of carbonyl (C=O) groups is 1. The number of halogens is 1. The van der Waals surface area contributed by atoms with Gasteiger partial charge < -0.3 is 14.5 Å². The number of benzene rings is 1. The van der Waals surface area contributed by atoms with Crippen molar-refractivity contribution < 1.29 is 18.8 Å².